The van der Waals surface area contributed by atoms with Gasteiger partial charge in [-0.1, -0.05) is 25.2 Å². The van der Waals surface area contributed by atoms with Crippen molar-refractivity contribution in [3.05, 3.63) is 40.4 Å². The molecule has 2 atom stereocenters. The van der Waals surface area contributed by atoms with Crippen LogP contribution in [0.5, 0.6) is 0 Å². The summed E-state index contributed by atoms with van der Waals surface area (Å²) >= 11 is 1.04. The molecule has 1 aliphatic rings. The van der Waals surface area contributed by atoms with Crippen LogP contribution in [0.15, 0.2) is 29.2 Å². The number of ether oxygens (including phenoxy) is 1. The van der Waals surface area contributed by atoms with E-state index < -0.39 is 21.9 Å². The number of nitrogens with zero attached hydrogens (tertiary/aromatic N) is 2. The number of carbonyl (C=O) groups is 2. The number of benzene rings is 1. The first-order chi connectivity index (χ1) is 14.6. The Balaban J connectivity index is 1.72. The van der Waals surface area contributed by atoms with Crippen molar-refractivity contribution in [2.75, 3.05) is 25.0 Å². The molecule has 168 valence electrons. The number of sulfonamides is 1. The van der Waals surface area contributed by atoms with E-state index in [0.29, 0.717) is 41.1 Å². The minimum Gasteiger partial charge on any atom is -0.462 e. The van der Waals surface area contributed by atoms with Gasteiger partial charge in [-0.2, -0.15) is 4.31 Å². The Morgan fingerprint density at radius 3 is 2.39 bits per heavy atom. The minimum absolute atomic E-state index is 0.167. The van der Waals surface area contributed by atoms with Crippen LogP contribution in [0.2, 0.25) is 0 Å². The summed E-state index contributed by atoms with van der Waals surface area (Å²) in [5.41, 5.74) is 0.773. The van der Waals surface area contributed by atoms with Crippen molar-refractivity contribution in [2.24, 2.45) is 11.8 Å². The molecule has 0 saturated carbocycles. The Labute approximate surface area is 186 Å². The van der Waals surface area contributed by atoms with E-state index in [1.165, 1.54) is 28.6 Å². The van der Waals surface area contributed by atoms with Gasteiger partial charge >= 0.3 is 5.97 Å². The van der Waals surface area contributed by atoms with Gasteiger partial charge in [-0.05, 0) is 56.4 Å². The SMILES string of the molecule is CCOC(=O)c1sc(NC(=O)c2ccc(S(=O)(=O)N3C[C@H](C)C[C@H](C)C3)cc2)nc1C. The predicted molar refractivity (Wildman–Crippen MR) is 119 cm³/mol. The van der Waals surface area contributed by atoms with Gasteiger partial charge in [-0.25, -0.2) is 18.2 Å². The minimum atomic E-state index is -3.61. The number of carbonyl (C=O) groups excluding carboxylic acids is 2. The molecule has 1 fully saturated rings. The highest BCUT2D eigenvalue weighted by Gasteiger charge is 2.31. The van der Waals surface area contributed by atoms with E-state index in [2.05, 4.69) is 24.1 Å². The lowest BCUT2D eigenvalue weighted by Gasteiger charge is -2.34. The number of piperidine rings is 1. The van der Waals surface area contributed by atoms with Crippen LogP contribution in [-0.4, -0.2) is 49.3 Å². The average Bonchev–Trinajstić information content (AvgIpc) is 3.07. The highest BCUT2D eigenvalue weighted by Crippen LogP contribution is 2.27. The summed E-state index contributed by atoms with van der Waals surface area (Å²) in [6.45, 7) is 8.75. The summed E-state index contributed by atoms with van der Waals surface area (Å²) in [4.78, 5) is 29.2. The van der Waals surface area contributed by atoms with Gasteiger partial charge < -0.3 is 4.74 Å². The molecule has 1 aromatic carbocycles. The lowest BCUT2D eigenvalue weighted by atomic mass is 9.94. The third-order valence-electron chi connectivity index (χ3n) is 5.07. The fourth-order valence-corrected chi connectivity index (χ4v) is 6.27. The highest BCUT2D eigenvalue weighted by molar-refractivity contribution is 7.89. The smallest absolute Gasteiger partial charge is 0.350 e. The zero-order valence-electron chi connectivity index (χ0n) is 18.0. The van der Waals surface area contributed by atoms with Crippen LogP contribution in [0.25, 0.3) is 0 Å². The second kappa shape index (κ2) is 9.46. The molecule has 0 radical (unpaired) electrons. The topological polar surface area (TPSA) is 106 Å². The molecule has 1 aliphatic heterocycles. The number of anilines is 1. The molecular formula is C21H27N3O5S2. The monoisotopic (exact) mass is 465 g/mol. The summed E-state index contributed by atoms with van der Waals surface area (Å²) in [5, 5.41) is 2.93. The molecule has 8 nitrogen and oxygen atoms in total. The molecule has 0 aliphatic carbocycles. The van der Waals surface area contributed by atoms with Crippen LogP contribution < -0.4 is 5.32 Å². The second-order valence-electron chi connectivity index (χ2n) is 7.90. The van der Waals surface area contributed by atoms with Crippen molar-refractivity contribution in [3.8, 4) is 0 Å². The molecule has 0 spiro atoms. The maximum Gasteiger partial charge on any atom is 0.350 e. The molecule has 0 bridgehead atoms. The summed E-state index contributed by atoms with van der Waals surface area (Å²) in [6.07, 6.45) is 1.01. The van der Waals surface area contributed by atoms with Crippen molar-refractivity contribution in [2.45, 2.75) is 39.0 Å². The second-order valence-corrected chi connectivity index (χ2v) is 10.8. The lowest BCUT2D eigenvalue weighted by molar-refractivity contribution is 0.0531. The maximum atomic E-state index is 13.0. The average molecular weight is 466 g/mol. The van der Waals surface area contributed by atoms with Crippen molar-refractivity contribution in [1.29, 1.82) is 0 Å². The lowest BCUT2D eigenvalue weighted by Crippen LogP contribution is -2.42. The molecular weight excluding hydrogens is 438 g/mol. The van der Waals surface area contributed by atoms with Gasteiger partial charge in [0.2, 0.25) is 10.0 Å². The van der Waals surface area contributed by atoms with Gasteiger partial charge in [-0.3, -0.25) is 10.1 Å². The van der Waals surface area contributed by atoms with Crippen LogP contribution in [0.4, 0.5) is 5.13 Å². The Kier molecular flexibility index (Phi) is 7.13. The summed E-state index contributed by atoms with van der Waals surface area (Å²) in [6, 6.07) is 5.86. The largest absolute Gasteiger partial charge is 0.462 e. The zero-order valence-corrected chi connectivity index (χ0v) is 19.7. The third kappa shape index (κ3) is 5.31. The molecule has 1 amide bonds. The summed E-state index contributed by atoms with van der Waals surface area (Å²) < 4.78 is 32.5. The fourth-order valence-electron chi connectivity index (χ4n) is 3.73. The fraction of sp³-hybridized carbons (Fsp3) is 0.476. The van der Waals surface area contributed by atoms with Gasteiger partial charge in [0.1, 0.15) is 4.88 Å². The molecule has 2 heterocycles. The zero-order chi connectivity index (χ0) is 22.8. The molecule has 3 rings (SSSR count). The van der Waals surface area contributed by atoms with E-state index in [-0.39, 0.29) is 16.6 Å². The van der Waals surface area contributed by atoms with Crippen molar-refractivity contribution < 1.29 is 22.7 Å². The first-order valence-corrected chi connectivity index (χ1v) is 12.4. The number of aromatic nitrogens is 1. The Morgan fingerprint density at radius 1 is 1.19 bits per heavy atom. The molecule has 10 heteroatoms. The van der Waals surface area contributed by atoms with Gasteiger partial charge in [0.25, 0.3) is 5.91 Å². The molecule has 1 saturated heterocycles. The van der Waals surface area contributed by atoms with Crippen LogP contribution in [0.3, 0.4) is 0 Å². The normalized spacial score (nSPS) is 19.7. The molecule has 0 unspecified atom stereocenters. The number of hydrogen-bond acceptors (Lipinski definition) is 7. The van der Waals surface area contributed by atoms with Gasteiger partial charge in [0.15, 0.2) is 5.13 Å². The van der Waals surface area contributed by atoms with E-state index >= 15 is 0 Å². The van der Waals surface area contributed by atoms with Gasteiger partial charge in [-0.15, -0.1) is 0 Å². The van der Waals surface area contributed by atoms with Gasteiger partial charge in [0.05, 0.1) is 17.2 Å². The molecule has 1 N–H and O–H groups in total. The predicted octanol–water partition coefficient (Wildman–Crippen LogP) is 3.55. The molecule has 31 heavy (non-hydrogen) atoms. The Bertz CT molecular complexity index is 1050. The molecule has 1 aromatic heterocycles. The van der Waals surface area contributed by atoms with Crippen molar-refractivity contribution >= 4 is 38.4 Å². The van der Waals surface area contributed by atoms with E-state index in [1.807, 2.05) is 0 Å². The number of aryl methyl sites for hydroxylation is 1. The summed E-state index contributed by atoms with van der Waals surface area (Å²) in [7, 11) is -3.61. The highest BCUT2D eigenvalue weighted by atomic mass is 32.2. The van der Waals surface area contributed by atoms with Crippen molar-refractivity contribution in [3.63, 3.8) is 0 Å². The number of nitrogens with one attached hydrogen (secondary N) is 1. The quantitative estimate of drug-likeness (QED) is 0.654. The number of rotatable bonds is 6. The number of esters is 1. The van der Waals surface area contributed by atoms with E-state index in [1.54, 1.807) is 13.8 Å². The van der Waals surface area contributed by atoms with E-state index in [9.17, 15) is 18.0 Å². The van der Waals surface area contributed by atoms with Crippen LogP contribution in [0, 0.1) is 18.8 Å². The van der Waals surface area contributed by atoms with Crippen LogP contribution in [-0.2, 0) is 14.8 Å². The molecule has 2 aromatic rings. The Morgan fingerprint density at radius 2 is 1.81 bits per heavy atom. The van der Waals surface area contributed by atoms with E-state index in [0.717, 1.165) is 17.8 Å². The summed E-state index contributed by atoms with van der Waals surface area (Å²) in [5.74, 6) is -0.295. The third-order valence-corrected chi connectivity index (χ3v) is 7.97. The van der Waals surface area contributed by atoms with Gasteiger partial charge in [0, 0.05) is 18.7 Å². The maximum absolute atomic E-state index is 13.0. The standard InChI is InChI=1S/C21H27N3O5S2/c1-5-29-20(26)18-15(4)22-21(30-18)23-19(25)16-6-8-17(9-7-16)31(27,28)24-11-13(2)10-14(3)12-24/h6-9,13-14H,5,10-12H2,1-4H3,(H,22,23,25)/t13-,14+. The first kappa shape index (κ1) is 23.4. The van der Waals surface area contributed by atoms with E-state index in [4.69, 9.17) is 4.74 Å². The number of amides is 1. The number of hydrogen-bond donors (Lipinski definition) is 1. The first-order valence-electron chi connectivity index (χ1n) is 10.2. The van der Waals surface area contributed by atoms with Crippen molar-refractivity contribution in [1.82, 2.24) is 9.29 Å². The van der Waals surface area contributed by atoms with Crippen LogP contribution >= 0.6 is 11.3 Å². The number of thiazole rings is 1. The van der Waals surface area contributed by atoms with Crippen LogP contribution in [0.1, 0.15) is 52.9 Å². The Hall–Kier alpha value is -2.30.